The largest absolute Gasteiger partial charge is 0.382 e. The van der Waals surface area contributed by atoms with Gasteiger partial charge >= 0.3 is 0 Å². The summed E-state index contributed by atoms with van der Waals surface area (Å²) in [5.74, 6) is 0. The maximum absolute atomic E-state index is 9.01. The van der Waals surface area contributed by atoms with Crippen LogP contribution in [-0.4, -0.2) is 13.2 Å². The fourth-order valence-corrected chi connectivity index (χ4v) is 1.88. The fourth-order valence-electron chi connectivity index (χ4n) is 1.88. The summed E-state index contributed by atoms with van der Waals surface area (Å²) in [5.41, 5.74) is -0.0326. The summed E-state index contributed by atoms with van der Waals surface area (Å²) in [7, 11) is 0. The molecule has 0 atom stereocenters. The molecule has 68 valence electrons. The van der Waals surface area contributed by atoms with Crippen LogP contribution in [0.3, 0.4) is 0 Å². The molecule has 1 aliphatic rings. The zero-order chi connectivity index (χ0) is 8.86. The average molecular weight is 167 g/mol. The Morgan fingerprint density at radius 3 is 2.58 bits per heavy atom. The van der Waals surface area contributed by atoms with E-state index >= 15 is 0 Å². The summed E-state index contributed by atoms with van der Waals surface area (Å²) < 4.78 is 5.27. The minimum Gasteiger partial charge on any atom is -0.382 e. The first-order valence-electron chi connectivity index (χ1n) is 4.82. The van der Waals surface area contributed by atoms with Crippen molar-refractivity contribution < 1.29 is 4.74 Å². The minimum absolute atomic E-state index is 0.0326. The van der Waals surface area contributed by atoms with Crippen molar-refractivity contribution >= 4 is 0 Å². The highest BCUT2D eigenvalue weighted by Crippen LogP contribution is 2.40. The van der Waals surface area contributed by atoms with Crippen LogP contribution >= 0.6 is 0 Å². The Bertz CT molecular complexity index is 165. The van der Waals surface area contributed by atoms with E-state index in [1.54, 1.807) is 0 Å². The lowest BCUT2D eigenvalue weighted by Crippen LogP contribution is -2.16. The molecule has 0 heterocycles. The molecule has 0 radical (unpaired) electrons. The molecule has 0 aliphatic heterocycles. The van der Waals surface area contributed by atoms with Gasteiger partial charge < -0.3 is 4.74 Å². The molecule has 0 spiro atoms. The van der Waals surface area contributed by atoms with E-state index in [-0.39, 0.29) is 5.41 Å². The first-order chi connectivity index (χ1) is 5.83. The third kappa shape index (κ3) is 2.22. The van der Waals surface area contributed by atoms with Gasteiger partial charge in [0.2, 0.25) is 0 Å². The van der Waals surface area contributed by atoms with Crippen molar-refractivity contribution in [1.82, 2.24) is 0 Å². The average Bonchev–Trinajstić information content (AvgIpc) is 2.55. The zero-order valence-electron chi connectivity index (χ0n) is 7.81. The summed E-state index contributed by atoms with van der Waals surface area (Å²) in [6.07, 6.45) is 5.53. The molecule has 1 aliphatic carbocycles. The van der Waals surface area contributed by atoms with Gasteiger partial charge in [0.25, 0.3) is 0 Å². The predicted molar refractivity (Wildman–Crippen MR) is 47.6 cm³/mol. The molecule has 0 aromatic carbocycles. The molecule has 0 unspecified atom stereocenters. The van der Waals surface area contributed by atoms with Gasteiger partial charge in [0.15, 0.2) is 0 Å². The summed E-state index contributed by atoms with van der Waals surface area (Å²) in [6.45, 7) is 3.51. The van der Waals surface area contributed by atoms with Gasteiger partial charge in [0, 0.05) is 13.2 Å². The number of ether oxygens (including phenoxy) is 1. The second-order valence-electron chi connectivity index (χ2n) is 3.55. The molecular weight excluding hydrogens is 150 g/mol. The van der Waals surface area contributed by atoms with Crippen molar-refractivity contribution in [2.24, 2.45) is 5.41 Å². The molecule has 1 saturated carbocycles. The minimum atomic E-state index is -0.0326. The number of nitriles is 1. The maximum Gasteiger partial charge on any atom is 0.0690 e. The Morgan fingerprint density at radius 2 is 2.08 bits per heavy atom. The molecule has 0 bridgehead atoms. The first kappa shape index (κ1) is 9.54. The lowest BCUT2D eigenvalue weighted by molar-refractivity contribution is 0.120. The van der Waals surface area contributed by atoms with E-state index in [4.69, 9.17) is 10.00 Å². The highest BCUT2D eigenvalue weighted by molar-refractivity contribution is 5.01. The predicted octanol–water partition coefficient (Wildman–Crippen LogP) is 2.50. The van der Waals surface area contributed by atoms with Gasteiger partial charge in [-0.15, -0.1) is 0 Å². The fraction of sp³-hybridized carbons (Fsp3) is 0.900. The van der Waals surface area contributed by atoms with Gasteiger partial charge in [0.1, 0.15) is 0 Å². The molecule has 1 fully saturated rings. The van der Waals surface area contributed by atoms with Crippen LogP contribution in [0.25, 0.3) is 0 Å². The van der Waals surface area contributed by atoms with Crippen LogP contribution in [0.1, 0.15) is 39.0 Å². The summed E-state index contributed by atoms with van der Waals surface area (Å²) in [4.78, 5) is 0. The number of nitrogens with zero attached hydrogens (tertiary/aromatic N) is 1. The van der Waals surface area contributed by atoms with Crippen LogP contribution < -0.4 is 0 Å². The first-order valence-corrected chi connectivity index (χ1v) is 4.82. The SMILES string of the molecule is CCOCCC1(C#N)CCCC1. The highest BCUT2D eigenvalue weighted by atomic mass is 16.5. The quantitative estimate of drug-likeness (QED) is 0.603. The second-order valence-corrected chi connectivity index (χ2v) is 3.55. The molecule has 2 nitrogen and oxygen atoms in total. The van der Waals surface area contributed by atoms with Crippen LogP contribution in [-0.2, 0) is 4.74 Å². The van der Waals surface area contributed by atoms with E-state index in [9.17, 15) is 0 Å². The van der Waals surface area contributed by atoms with Gasteiger partial charge in [-0.25, -0.2) is 0 Å². The van der Waals surface area contributed by atoms with E-state index in [0.29, 0.717) is 0 Å². The molecule has 12 heavy (non-hydrogen) atoms. The molecule has 0 aromatic heterocycles. The Morgan fingerprint density at radius 1 is 1.42 bits per heavy atom. The van der Waals surface area contributed by atoms with Crippen molar-refractivity contribution in [3.8, 4) is 6.07 Å². The van der Waals surface area contributed by atoms with Gasteiger partial charge in [-0.3, -0.25) is 0 Å². The third-order valence-electron chi connectivity index (χ3n) is 2.73. The third-order valence-corrected chi connectivity index (χ3v) is 2.73. The number of rotatable bonds is 4. The number of hydrogen-bond acceptors (Lipinski definition) is 2. The van der Waals surface area contributed by atoms with Crippen molar-refractivity contribution in [2.75, 3.05) is 13.2 Å². The van der Waals surface area contributed by atoms with Gasteiger partial charge in [-0.1, -0.05) is 12.8 Å². The van der Waals surface area contributed by atoms with Gasteiger partial charge in [-0.05, 0) is 26.2 Å². The van der Waals surface area contributed by atoms with Crippen LogP contribution in [0, 0.1) is 16.7 Å². The molecule has 1 rings (SSSR count). The molecular formula is C10H17NO. The van der Waals surface area contributed by atoms with Crippen molar-refractivity contribution in [2.45, 2.75) is 39.0 Å². The maximum atomic E-state index is 9.01. The monoisotopic (exact) mass is 167 g/mol. The Labute approximate surface area is 74.5 Å². The Balaban J connectivity index is 2.30. The molecule has 0 saturated heterocycles. The van der Waals surface area contributed by atoms with Crippen LogP contribution in [0.2, 0.25) is 0 Å². The topological polar surface area (TPSA) is 33.0 Å². The second kappa shape index (κ2) is 4.47. The van der Waals surface area contributed by atoms with E-state index in [0.717, 1.165) is 32.5 Å². The molecule has 0 aromatic rings. The van der Waals surface area contributed by atoms with E-state index in [1.807, 2.05) is 6.92 Å². The van der Waals surface area contributed by atoms with Crippen molar-refractivity contribution in [3.63, 3.8) is 0 Å². The highest BCUT2D eigenvalue weighted by Gasteiger charge is 2.33. The molecule has 0 N–H and O–H groups in total. The summed E-state index contributed by atoms with van der Waals surface area (Å²) in [5, 5.41) is 9.01. The van der Waals surface area contributed by atoms with Crippen LogP contribution in [0.5, 0.6) is 0 Å². The van der Waals surface area contributed by atoms with Crippen molar-refractivity contribution in [3.05, 3.63) is 0 Å². The Hall–Kier alpha value is -0.550. The van der Waals surface area contributed by atoms with E-state index in [1.165, 1.54) is 12.8 Å². The van der Waals surface area contributed by atoms with Gasteiger partial charge in [-0.2, -0.15) is 5.26 Å². The standard InChI is InChI=1S/C10H17NO/c1-2-12-8-7-10(9-11)5-3-4-6-10/h2-8H2,1H3. The van der Waals surface area contributed by atoms with E-state index < -0.39 is 0 Å². The Kier molecular flexibility index (Phi) is 3.55. The normalized spacial score (nSPS) is 20.7. The lowest BCUT2D eigenvalue weighted by atomic mass is 9.85. The zero-order valence-corrected chi connectivity index (χ0v) is 7.81. The molecule has 2 heteroatoms. The van der Waals surface area contributed by atoms with Crippen molar-refractivity contribution in [1.29, 1.82) is 5.26 Å². The lowest BCUT2D eigenvalue weighted by Gasteiger charge is -2.19. The van der Waals surface area contributed by atoms with Crippen LogP contribution in [0.4, 0.5) is 0 Å². The smallest absolute Gasteiger partial charge is 0.0690 e. The van der Waals surface area contributed by atoms with E-state index in [2.05, 4.69) is 6.07 Å². The number of hydrogen-bond donors (Lipinski definition) is 0. The summed E-state index contributed by atoms with van der Waals surface area (Å²) in [6, 6.07) is 2.46. The van der Waals surface area contributed by atoms with Gasteiger partial charge in [0.05, 0.1) is 11.5 Å². The summed E-state index contributed by atoms with van der Waals surface area (Å²) >= 11 is 0. The molecule has 0 amide bonds. The van der Waals surface area contributed by atoms with Crippen LogP contribution in [0.15, 0.2) is 0 Å².